The van der Waals surface area contributed by atoms with E-state index < -0.39 is 5.97 Å². The first-order chi connectivity index (χ1) is 12.2. The highest BCUT2D eigenvalue weighted by Crippen LogP contribution is 2.23. The number of nitrogens with one attached hydrogen (secondary N) is 1. The number of ether oxygens (including phenoxy) is 1. The van der Waals surface area contributed by atoms with Crippen LogP contribution in [-0.4, -0.2) is 28.0 Å². The summed E-state index contributed by atoms with van der Waals surface area (Å²) < 4.78 is 6.79. The maximum absolute atomic E-state index is 12.5. The van der Waals surface area contributed by atoms with Crippen LogP contribution in [0, 0.1) is 0 Å². The molecule has 0 saturated carbocycles. The molecule has 0 fully saturated rings. The van der Waals surface area contributed by atoms with Crippen molar-refractivity contribution in [3.63, 3.8) is 0 Å². The Hall–Kier alpha value is -3.41. The summed E-state index contributed by atoms with van der Waals surface area (Å²) in [5, 5.41) is 2.86. The van der Waals surface area contributed by atoms with Crippen molar-refractivity contribution in [2.45, 2.75) is 6.92 Å². The lowest BCUT2D eigenvalue weighted by atomic mass is 10.1. The van der Waals surface area contributed by atoms with Gasteiger partial charge in [0, 0.05) is 18.0 Å². The monoisotopic (exact) mass is 335 g/mol. The zero-order valence-corrected chi connectivity index (χ0v) is 13.7. The van der Waals surface area contributed by atoms with Crippen molar-refractivity contribution < 1.29 is 14.3 Å². The smallest absolute Gasteiger partial charge is 0.338 e. The van der Waals surface area contributed by atoms with Gasteiger partial charge in [0.2, 0.25) is 0 Å². The highest BCUT2D eigenvalue weighted by molar-refractivity contribution is 6.06. The van der Waals surface area contributed by atoms with E-state index >= 15 is 0 Å². The molecule has 126 valence electrons. The third-order valence-electron chi connectivity index (χ3n) is 3.57. The van der Waals surface area contributed by atoms with Gasteiger partial charge in [-0.1, -0.05) is 18.2 Å². The van der Waals surface area contributed by atoms with Crippen LogP contribution in [0.4, 0.5) is 5.69 Å². The van der Waals surface area contributed by atoms with Gasteiger partial charge in [0.05, 0.1) is 29.9 Å². The van der Waals surface area contributed by atoms with Crippen LogP contribution >= 0.6 is 0 Å². The summed E-state index contributed by atoms with van der Waals surface area (Å²) in [6, 6.07) is 13.9. The van der Waals surface area contributed by atoms with Crippen molar-refractivity contribution in [2.75, 3.05) is 11.9 Å². The van der Waals surface area contributed by atoms with Crippen molar-refractivity contribution in [3.8, 4) is 5.69 Å². The number of imidazole rings is 1. The number of carbonyl (C=O) groups excluding carboxylic acids is 2. The van der Waals surface area contributed by atoms with Gasteiger partial charge in [-0.3, -0.25) is 4.79 Å². The maximum atomic E-state index is 12.5. The summed E-state index contributed by atoms with van der Waals surface area (Å²) in [5.41, 5.74) is 2.10. The molecule has 1 amide bonds. The van der Waals surface area contributed by atoms with Gasteiger partial charge in [0.25, 0.3) is 5.91 Å². The maximum Gasteiger partial charge on any atom is 0.338 e. The predicted octanol–water partition coefficient (Wildman–Crippen LogP) is 3.30. The molecule has 0 bridgehead atoms. The Labute approximate surface area is 145 Å². The number of benzene rings is 2. The van der Waals surface area contributed by atoms with Crippen LogP contribution in [0.2, 0.25) is 0 Å². The van der Waals surface area contributed by atoms with Gasteiger partial charge in [0.1, 0.15) is 0 Å². The molecule has 0 unspecified atom stereocenters. The Morgan fingerprint density at radius 3 is 2.60 bits per heavy atom. The molecular formula is C19H17N3O3. The Kier molecular flexibility index (Phi) is 4.89. The topological polar surface area (TPSA) is 73.2 Å². The van der Waals surface area contributed by atoms with Gasteiger partial charge >= 0.3 is 5.97 Å². The van der Waals surface area contributed by atoms with E-state index in [2.05, 4.69) is 10.3 Å². The predicted molar refractivity (Wildman–Crippen MR) is 93.9 cm³/mol. The van der Waals surface area contributed by atoms with E-state index in [1.807, 2.05) is 6.07 Å². The quantitative estimate of drug-likeness (QED) is 0.726. The average molecular weight is 335 g/mol. The van der Waals surface area contributed by atoms with Crippen LogP contribution in [0.3, 0.4) is 0 Å². The molecular weight excluding hydrogens is 318 g/mol. The summed E-state index contributed by atoms with van der Waals surface area (Å²) in [4.78, 5) is 28.5. The molecule has 0 saturated heterocycles. The number of amides is 1. The van der Waals surface area contributed by atoms with Gasteiger partial charge in [0.15, 0.2) is 0 Å². The number of esters is 1. The summed E-state index contributed by atoms with van der Waals surface area (Å²) in [6.07, 6.45) is 5.02. The highest BCUT2D eigenvalue weighted by Gasteiger charge is 2.14. The van der Waals surface area contributed by atoms with Crippen molar-refractivity contribution in [1.29, 1.82) is 0 Å². The molecule has 0 radical (unpaired) electrons. The van der Waals surface area contributed by atoms with Crippen molar-refractivity contribution >= 4 is 17.6 Å². The zero-order chi connectivity index (χ0) is 17.6. The van der Waals surface area contributed by atoms with Crippen molar-refractivity contribution in [1.82, 2.24) is 9.55 Å². The molecule has 6 heteroatoms. The minimum absolute atomic E-state index is 0.261. The lowest BCUT2D eigenvalue weighted by Crippen LogP contribution is -2.15. The molecule has 3 aromatic rings. The minimum atomic E-state index is -0.435. The van der Waals surface area contributed by atoms with Crippen molar-refractivity contribution in [2.24, 2.45) is 0 Å². The SMILES string of the molecule is CCOC(=O)c1ccc(-n2ccnc2)c(NC(=O)c2ccccc2)c1. The van der Waals surface area contributed by atoms with Gasteiger partial charge in [-0.25, -0.2) is 9.78 Å². The number of nitrogens with zero attached hydrogens (tertiary/aromatic N) is 2. The van der Waals surface area contributed by atoms with E-state index in [4.69, 9.17) is 4.74 Å². The third kappa shape index (κ3) is 3.74. The van der Waals surface area contributed by atoms with Crippen LogP contribution in [0.5, 0.6) is 0 Å². The number of hydrogen-bond donors (Lipinski definition) is 1. The second kappa shape index (κ2) is 7.44. The number of aromatic nitrogens is 2. The van der Waals surface area contributed by atoms with E-state index in [0.29, 0.717) is 22.5 Å². The second-order valence-electron chi connectivity index (χ2n) is 5.24. The average Bonchev–Trinajstić information content (AvgIpc) is 3.17. The molecule has 0 atom stereocenters. The zero-order valence-electron chi connectivity index (χ0n) is 13.7. The molecule has 6 nitrogen and oxygen atoms in total. The molecule has 0 aliphatic heterocycles. The van der Waals surface area contributed by atoms with Crippen molar-refractivity contribution in [3.05, 3.63) is 78.4 Å². The van der Waals surface area contributed by atoms with E-state index in [9.17, 15) is 9.59 Å². The normalized spacial score (nSPS) is 10.3. The van der Waals surface area contributed by atoms with Gasteiger partial charge in [-0.05, 0) is 37.3 Å². The molecule has 0 aliphatic carbocycles. The van der Waals surface area contributed by atoms with Gasteiger partial charge < -0.3 is 14.6 Å². The lowest BCUT2D eigenvalue weighted by Gasteiger charge is -2.13. The highest BCUT2D eigenvalue weighted by atomic mass is 16.5. The number of hydrogen-bond acceptors (Lipinski definition) is 4. The van der Waals surface area contributed by atoms with Crippen LogP contribution in [0.15, 0.2) is 67.3 Å². The lowest BCUT2D eigenvalue weighted by molar-refractivity contribution is 0.0526. The first-order valence-corrected chi connectivity index (χ1v) is 7.85. The molecule has 1 N–H and O–H groups in total. The fraction of sp³-hybridized carbons (Fsp3) is 0.105. The van der Waals surface area contributed by atoms with Gasteiger partial charge in [-0.15, -0.1) is 0 Å². The molecule has 2 aromatic carbocycles. The van der Waals surface area contributed by atoms with E-state index in [0.717, 1.165) is 0 Å². The number of anilines is 1. The van der Waals surface area contributed by atoms with E-state index in [1.54, 1.807) is 72.7 Å². The Morgan fingerprint density at radius 1 is 1.12 bits per heavy atom. The Balaban J connectivity index is 1.97. The van der Waals surface area contributed by atoms with Crippen LogP contribution < -0.4 is 5.32 Å². The summed E-state index contributed by atoms with van der Waals surface area (Å²) in [6.45, 7) is 2.03. The minimum Gasteiger partial charge on any atom is -0.462 e. The van der Waals surface area contributed by atoms with E-state index in [-0.39, 0.29) is 12.5 Å². The standard InChI is InChI=1S/C19H17N3O3/c1-2-25-19(24)15-8-9-17(22-11-10-20-13-22)16(12-15)21-18(23)14-6-4-3-5-7-14/h3-13H,2H2,1H3,(H,21,23). The largest absolute Gasteiger partial charge is 0.462 e. The summed E-state index contributed by atoms with van der Waals surface area (Å²) in [5.74, 6) is -0.696. The number of carbonyl (C=O) groups is 2. The molecule has 0 aliphatic rings. The summed E-state index contributed by atoms with van der Waals surface area (Å²) in [7, 11) is 0. The first kappa shape index (κ1) is 16.4. The van der Waals surface area contributed by atoms with E-state index in [1.165, 1.54) is 0 Å². The van der Waals surface area contributed by atoms with Crippen LogP contribution in [0.25, 0.3) is 5.69 Å². The van der Waals surface area contributed by atoms with Crippen LogP contribution in [0.1, 0.15) is 27.6 Å². The number of rotatable bonds is 5. The third-order valence-corrected chi connectivity index (χ3v) is 3.57. The van der Waals surface area contributed by atoms with Crippen LogP contribution in [-0.2, 0) is 4.74 Å². The molecule has 1 aromatic heterocycles. The molecule has 25 heavy (non-hydrogen) atoms. The fourth-order valence-corrected chi connectivity index (χ4v) is 2.39. The fourth-order valence-electron chi connectivity index (χ4n) is 2.39. The Bertz CT molecular complexity index is 874. The first-order valence-electron chi connectivity index (χ1n) is 7.85. The molecule has 3 rings (SSSR count). The van der Waals surface area contributed by atoms with Gasteiger partial charge in [-0.2, -0.15) is 0 Å². The Morgan fingerprint density at radius 2 is 1.92 bits per heavy atom. The molecule has 0 spiro atoms. The summed E-state index contributed by atoms with van der Waals surface area (Å²) >= 11 is 0. The second-order valence-corrected chi connectivity index (χ2v) is 5.24. The molecule has 1 heterocycles.